The molecule has 0 spiro atoms. The van der Waals surface area contributed by atoms with Crippen molar-refractivity contribution in [2.24, 2.45) is 0 Å². The van der Waals surface area contributed by atoms with E-state index >= 15 is 0 Å². The molecule has 0 aliphatic rings. The molecule has 1 rings (SSSR count). The zero-order valence-electron chi connectivity index (χ0n) is 9.22. The van der Waals surface area contributed by atoms with Crippen molar-refractivity contribution in [2.45, 2.75) is 4.17 Å². The molecule has 0 amide bonds. The highest BCUT2D eigenvalue weighted by Crippen LogP contribution is 2.20. The second-order valence-electron chi connectivity index (χ2n) is 3.06. The third kappa shape index (κ3) is 3.66. The number of hydrogen-bond donors (Lipinski definition) is 0. The smallest absolute Gasteiger partial charge is 0.246 e. The molecule has 0 radical (unpaired) electrons. The van der Waals surface area contributed by atoms with Gasteiger partial charge < -0.3 is 0 Å². The highest BCUT2D eigenvalue weighted by atomic mass is 35.5. The minimum Gasteiger partial charge on any atom is -0.246 e. The van der Waals surface area contributed by atoms with Gasteiger partial charge in [0.25, 0.3) is 0 Å². The van der Waals surface area contributed by atoms with Crippen molar-refractivity contribution in [3.63, 3.8) is 0 Å². The maximum atomic E-state index is 13.4. The van der Waals surface area contributed by atoms with Gasteiger partial charge in [0.15, 0.2) is 0 Å². The first-order valence-electron chi connectivity index (χ1n) is 4.57. The molecule has 0 N–H and O–H groups in total. The van der Waals surface area contributed by atoms with Crippen LogP contribution >= 0.6 is 23.2 Å². The van der Waals surface area contributed by atoms with Crippen LogP contribution in [0.1, 0.15) is 0 Å². The van der Waals surface area contributed by atoms with Gasteiger partial charge in [-0.05, 0) is 39.9 Å². The van der Waals surface area contributed by atoms with Crippen molar-refractivity contribution in [3.8, 4) is 0 Å². The monoisotopic (exact) mass is 317 g/mol. The minimum atomic E-state index is -3.18. The van der Waals surface area contributed by atoms with E-state index in [0.29, 0.717) is 16.0 Å². The topological polar surface area (TPSA) is 23.6 Å². The molecular formula is C9H12Cl2FN2OS2+. The van der Waals surface area contributed by atoms with E-state index in [1.54, 1.807) is 24.3 Å². The first-order chi connectivity index (χ1) is 7.88. The number of halogens is 3. The Kier molecular flexibility index (Phi) is 5.40. The molecule has 0 aromatic heterocycles. The molecule has 17 heavy (non-hydrogen) atoms. The largest absolute Gasteiger partial charge is 0.366 e. The zero-order chi connectivity index (χ0) is 13.1. The minimum absolute atomic E-state index is 0.127. The van der Waals surface area contributed by atoms with Crippen molar-refractivity contribution < 1.29 is 8.69 Å². The number of nitrogens with zero attached hydrogens (tertiary/aromatic N) is 2. The average Bonchev–Trinajstić information content (AvgIpc) is 2.28. The third-order valence-corrected chi connectivity index (χ3v) is 7.70. The van der Waals surface area contributed by atoms with Crippen LogP contribution in [0.15, 0.2) is 30.3 Å². The lowest BCUT2D eigenvalue weighted by molar-refractivity contribution is 0.188. The molecular weight excluding hydrogens is 306 g/mol. The predicted octanol–water partition coefficient (Wildman–Crippen LogP) is 2.81. The lowest BCUT2D eigenvalue weighted by Gasteiger charge is -2.19. The normalized spacial score (nSPS) is 14.8. The van der Waals surface area contributed by atoms with Gasteiger partial charge in [-0.3, -0.25) is 0 Å². The van der Waals surface area contributed by atoms with Crippen molar-refractivity contribution >= 4 is 48.1 Å². The highest BCUT2D eigenvalue weighted by Gasteiger charge is 2.34. The van der Waals surface area contributed by atoms with E-state index in [-0.39, 0.29) is 4.53 Å². The van der Waals surface area contributed by atoms with Gasteiger partial charge in [0.1, 0.15) is 0 Å². The van der Waals surface area contributed by atoms with Crippen LogP contribution in [-0.4, -0.2) is 27.0 Å². The van der Waals surface area contributed by atoms with Crippen molar-refractivity contribution in [2.75, 3.05) is 18.4 Å². The Hall–Kier alpha value is -0.140. The van der Waals surface area contributed by atoms with E-state index in [9.17, 15) is 8.69 Å². The lowest BCUT2D eigenvalue weighted by atomic mass is 10.3. The van der Waals surface area contributed by atoms with Crippen molar-refractivity contribution in [1.29, 1.82) is 0 Å². The molecule has 8 heteroatoms. The van der Waals surface area contributed by atoms with E-state index < -0.39 is 13.0 Å². The van der Waals surface area contributed by atoms with Crippen LogP contribution in [0.25, 0.3) is 0 Å². The van der Waals surface area contributed by atoms with Crippen LogP contribution in [-0.2, 0) is 19.2 Å². The second-order valence-corrected chi connectivity index (χ2v) is 9.16. The predicted molar refractivity (Wildman–Crippen MR) is 74.7 cm³/mol. The van der Waals surface area contributed by atoms with Gasteiger partial charge in [0, 0.05) is 14.1 Å². The van der Waals surface area contributed by atoms with Gasteiger partial charge >= 0.3 is 23.4 Å². The number of anilines is 1. The Bertz CT molecular complexity index is 475. The number of benzene rings is 1. The third-order valence-electron chi connectivity index (χ3n) is 1.98. The molecule has 96 valence electrons. The zero-order valence-corrected chi connectivity index (χ0v) is 12.4. The summed E-state index contributed by atoms with van der Waals surface area (Å²) in [6, 6.07) is 8.81. The SMILES string of the molecule is CN(F)S(=O)(=[S+]C(Cl)Cl)N(C)c1ccccc1. The molecule has 0 heterocycles. The van der Waals surface area contributed by atoms with Crippen molar-refractivity contribution in [1.82, 2.24) is 4.53 Å². The number of rotatable bonds is 4. The Morgan fingerprint density at radius 2 is 1.82 bits per heavy atom. The Morgan fingerprint density at radius 1 is 1.29 bits per heavy atom. The molecule has 3 nitrogen and oxygen atoms in total. The molecule has 1 unspecified atom stereocenters. The molecule has 1 atom stereocenters. The van der Waals surface area contributed by atoms with Crippen LogP contribution in [0.5, 0.6) is 0 Å². The maximum absolute atomic E-state index is 13.4. The molecule has 0 aliphatic carbocycles. The molecule has 0 aliphatic heterocycles. The van der Waals surface area contributed by atoms with Crippen LogP contribution in [0.3, 0.4) is 0 Å². The van der Waals surface area contributed by atoms with Crippen LogP contribution in [0.4, 0.5) is 10.2 Å². The van der Waals surface area contributed by atoms with Gasteiger partial charge in [0.2, 0.25) is 0 Å². The standard InChI is InChI=1S/C9H12Cl2FN2OS2/c1-13(8-6-4-3-5-7-8)17(15,14(2)12)16-9(10)11/h3-7,9H,1-2H3/q+1. The van der Waals surface area contributed by atoms with E-state index in [2.05, 4.69) is 0 Å². The molecule has 1 aromatic carbocycles. The summed E-state index contributed by atoms with van der Waals surface area (Å²) in [5.74, 6) is 0. The summed E-state index contributed by atoms with van der Waals surface area (Å²) in [5, 5.41) is 0. The summed E-state index contributed by atoms with van der Waals surface area (Å²) in [4.78, 5) is 0. The van der Waals surface area contributed by atoms with E-state index in [0.717, 1.165) is 7.05 Å². The Balaban J connectivity index is 3.23. The van der Waals surface area contributed by atoms with Gasteiger partial charge in [0.05, 0.1) is 5.69 Å². The Labute approximate surface area is 114 Å². The van der Waals surface area contributed by atoms with Gasteiger partial charge in [-0.2, -0.15) is 4.21 Å². The van der Waals surface area contributed by atoms with Gasteiger partial charge in [-0.15, -0.1) is 4.48 Å². The first kappa shape index (κ1) is 14.9. The Morgan fingerprint density at radius 3 is 2.24 bits per heavy atom. The lowest BCUT2D eigenvalue weighted by Crippen LogP contribution is -2.36. The molecule has 0 fully saturated rings. The summed E-state index contributed by atoms with van der Waals surface area (Å²) >= 11 is 11.1. The fourth-order valence-electron chi connectivity index (χ4n) is 1.16. The maximum Gasteiger partial charge on any atom is 0.366 e. The molecule has 0 bridgehead atoms. The van der Waals surface area contributed by atoms with E-state index in [1.807, 2.05) is 6.07 Å². The second kappa shape index (κ2) is 6.15. The first-order valence-corrected chi connectivity index (χ1v) is 8.31. The van der Waals surface area contributed by atoms with Crippen LogP contribution < -0.4 is 4.31 Å². The summed E-state index contributed by atoms with van der Waals surface area (Å²) in [5.41, 5.74) is 0.614. The molecule has 0 saturated heterocycles. The van der Waals surface area contributed by atoms with E-state index in [1.165, 1.54) is 11.4 Å². The number of hydrogen-bond acceptors (Lipinski definition) is 1. The summed E-state index contributed by atoms with van der Waals surface area (Å²) in [6.45, 7) is 0. The summed E-state index contributed by atoms with van der Waals surface area (Å²) in [7, 11) is 0.0635. The van der Waals surface area contributed by atoms with Crippen molar-refractivity contribution in [3.05, 3.63) is 30.3 Å². The van der Waals surface area contributed by atoms with Crippen LogP contribution in [0.2, 0.25) is 0 Å². The number of para-hydroxylation sites is 1. The molecule has 0 saturated carbocycles. The fraction of sp³-hybridized carbons (Fsp3) is 0.333. The summed E-state index contributed by atoms with van der Waals surface area (Å²) < 4.78 is 26.4. The fourth-order valence-corrected chi connectivity index (χ4v) is 5.60. The van der Waals surface area contributed by atoms with Crippen LogP contribution in [0, 0.1) is 0 Å². The number of alkyl halides is 2. The summed E-state index contributed by atoms with van der Waals surface area (Å²) in [6.07, 6.45) is 0. The average molecular weight is 318 g/mol. The quantitative estimate of drug-likeness (QED) is 0.476. The van der Waals surface area contributed by atoms with Gasteiger partial charge in [-0.1, -0.05) is 18.2 Å². The van der Waals surface area contributed by atoms with Gasteiger partial charge in [-0.25, -0.2) is 4.31 Å². The highest BCUT2D eigenvalue weighted by molar-refractivity contribution is 8.39. The van der Waals surface area contributed by atoms with E-state index in [4.69, 9.17) is 23.2 Å². The molecule has 1 aromatic rings.